The van der Waals surface area contributed by atoms with Crippen molar-refractivity contribution in [2.24, 2.45) is 0 Å². The first-order valence-corrected chi connectivity index (χ1v) is 5.71. The SMILES string of the molecule is CC(C)c1ccc(-n2ccc(C#N)cc2=O)cn1. The van der Waals surface area contributed by atoms with Crippen LogP contribution in [0.15, 0.2) is 41.5 Å². The van der Waals surface area contributed by atoms with Crippen LogP contribution in [0, 0.1) is 11.3 Å². The van der Waals surface area contributed by atoms with Crippen LogP contribution in [0.25, 0.3) is 5.69 Å². The number of nitriles is 1. The highest BCUT2D eigenvalue weighted by Gasteiger charge is 2.03. The van der Waals surface area contributed by atoms with E-state index in [-0.39, 0.29) is 5.56 Å². The van der Waals surface area contributed by atoms with Gasteiger partial charge in [-0.05, 0) is 24.1 Å². The van der Waals surface area contributed by atoms with Gasteiger partial charge in [-0.1, -0.05) is 13.8 Å². The summed E-state index contributed by atoms with van der Waals surface area (Å²) in [6, 6.07) is 8.63. The van der Waals surface area contributed by atoms with Crippen LogP contribution in [0.4, 0.5) is 0 Å². The molecule has 2 aromatic rings. The number of aromatic nitrogens is 2. The van der Waals surface area contributed by atoms with Crippen molar-refractivity contribution < 1.29 is 0 Å². The summed E-state index contributed by atoms with van der Waals surface area (Å²) in [5.41, 5.74) is 1.82. The van der Waals surface area contributed by atoms with Crippen molar-refractivity contribution in [3.05, 3.63) is 58.3 Å². The highest BCUT2D eigenvalue weighted by molar-refractivity contribution is 5.34. The summed E-state index contributed by atoms with van der Waals surface area (Å²) >= 11 is 0. The Kier molecular flexibility index (Phi) is 3.24. The standard InChI is InChI=1S/C14H13N3O/c1-10(2)13-4-3-12(9-16-13)17-6-5-11(8-15)7-14(17)18/h3-7,9-10H,1-2H3. The summed E-state index contributed by atoms with van der Waals surface area (Å²) in [7, 11) is 0. The first-order chi connectivity index (χ1) is 8.61. The maximum absolute atomic E-state index is 11.8. The second-order valence-corrected chi connectivity index (χ2v) is 4.33. The molecule has 0 unspecified atom stereocenters. The van der Waals surface area contributed by atoms with Gasteiger partial charge in [0.1, 0.15) is 0 Å². The average molecular weight is 239 g/mol. The van der Waals surface area contributed by atoms with Crippen LogP contribution < -0.4 is 5.56 Å². The predicted octanol–water partition coefficient (Wildman–Crippen LogP) is 2.23. The Balaban J connectivity index is 2.44. The van der Waals surface area contributed by atoms with Gasteiger partial charge in [-0.25, -0.2) is 0 Å². The third-order valence-corrected chi connectivity index (χ3v) is 2.69. The van der Waals surface area contributed by atoms with E-state index in [1.807, 2.05) is 18.2 Å². The molecule has 0 aliphatic heterocycles. The quantitative estimate of drug-likeness (QED) is 0.807. The van der Waals surface area contributed by atoms with E-state index in [2.05, 4.69) is 18.8 Å². The van der Waals surface area contributed by atoms with Gasteiger partial charge in [0.25, 0.3) is 5.56 Å². The van der Waals surface area contributed by atoms with E-state index in [1.54, 1.807) is 18.5 Å². The molecule has 2 aromatic heterocycles. The van der Waals surface area contributed by atoms with Gasteiger partial charge in [-0.3, -0.25) is 14.3 Å². The van der Waals surface area contributed by atoms with E-state index >= 15 is 0 Å². The van der Waals surface area contributed by atoms with E-state index in [0.29, 0.717) is 17.2 Å². The van der Waals surface area contributed by atoms with Crippen LogP contribution >= 0.6 is 0 Å². The zero-order valence-electron chi connectivity index (χ0n) is 10.3. The van der Waals surface area contributed by atoms with Crippen LogP contribution in [-0.2, 0) is 0 Å². The van der Waals surface area contributed by atoms with Crippen molar-refractivity contribution >= 4 is 0 Å². The van der Waals surface area contributed by atoms with Crippen molar-refractivity contribution in [2.45, 2.75) is 19.8 Å². The molecule has 0 aliphatic carbocycles. The van der Waals surface area contributed by atoms with Gasteiger partial charge in [0.05, 0.1) is 23.5 Å². The lowest BCUT2D eigenvalue weighted by molar-refractivity contribution is 0.818. The molecule has 0 radical (unpaired) electrons. The van der Waals surface area contributed by atoms with Gasteiger partial charge in [0.15, 0.2) is 0 Å². The van der Waals surface area contributed by atoms with Gasteiger partial charge in [-0.15, -0.1) is 0 Å². The van der Waals surface area contributed by atoms with Gasteiger partial charge in [0.2, 0.25) is 0 Å². The second-order valence-electron chi connectivity index (χ2n) is 4.33. The number of rotatable bonds is 2. The molecule has 0 bridgehead atoms. The molecular formula is C14H13N3O. The van der Waals surface area contributed by atoms with E-state index in [9.17, 15) is 4.79 Å². The zero-order chi connectivity index (χ0) is 13.1. The monoisotopic (exact) mass is 239 g/mol. The third-order valence-electron chi connectivity index (χ3n) is 2.69. The van der Waals surface area contributed by atoms with Gasteiger partial charge in [-0.2, -0.15) is 5.26 Å². The Morgan fingerprint density at radius 3 is 2.61 bits per heavy atom. The number of hydrogen-bond acceptors (Lipinski definition) is 3. The summed E-state index contributed by atoms with van der Waals surface area (Å²) in [4.78, 5) is 16.1. The third kappa shape index (κ3) is 2.30. The van der Waals surface area contributed by atoms with Crippen LogP contribution in [0.3, 0.4) is 0 Å². The van der Waals surface area contributed by atoms with E-state index in [1.165, 1.54) is 10.6 Å². The van der Waals surface area contributed by atoms with Crippen LogP contribution in [0.2, 0.25) is 0 Å². The summed E-state index contributed by atoms with van der Waals surface area (Å²) in [6.45, 7) is 4.13. The molecular weight excluding hydrogens is 226 g/mol. The van der Waals surface area contributed by atoms with E-state index < -0.39 is 0 Å². The number of hydrogen-bond donors (Lipinski definition) is 0. The maximum Gasteiger partial charge on any atom is 0.256 e. The molecule has 0 amide bonds. The van der Waals surface area contributed by atoms with Crippen LogP contribution in [0.5, 0.6) is 0 Å². The summed E-state index contributed by atoms with van der Waals surface area (Å²) < 4.78 is 1.47. The first-order valence-electron chi connectivity index (χ1n) is 5.71. The van der Waals surface area contributed by atoms with Crippen molar-refractivity contribution in [2.75, 3.05) is 0 Å². The summed E-state index contributed by atoms with van der Waals surface area (Å²) in [6.07, 6.45) is 3.26. The van der Waals surface area contributed by atoms with Gasteiger partial charge < -0.3 is 0 Å². The molecule has 0 fully saturated rings. The van der Waals surface area contributed by atoms with Crippen molar-refractivity contribution in [1.82, 2.24) is 9.55 Å². The largest absolute Gasteiger partial charge is 0.283 e. The first kappa shape index (κ1) is 12.1. The molecule has 0 spiro atoms. The molecule has 90 valence electrons. The van der Waals surface area contributed by atoms with Crippen molar-refractivity contribution in [3.8, 4) is 11.8 Å². The normalized spacial score (nSPS) is 10.3. The minimum atomic E-state index is -0.229. The summed E-state index contributed by atoms with van der Waals surface area (Å²) in [5, 5.41) is 8.71. The lowest BCUT2D eigenvalue weighted by Gasteiger charge is -2.07. The predicted molar refractivity (Wildman–Crippen MR) is 68.6 cm³/mol. The van der Waals surface area contributed by atoms with Crippen LogP contribution in [-0.4, -0.2) is 9.55 Å². The minimum Gasteiger partial charge on any atom is -0.283 e. The average Bonchev–Trinajstić information content (AvgIpc) is 2.38. The Hall–Kier alpha value is -2.41. The number of pyridine rings is 2. The topological polar surface area (TPSA) is 58.7 Å². The highest BCUT2D eigenvalue weighted by atomic mass is 16.1. The zero-order valence-corrected chi connectivity index (χ0v) is 10.3. The lowest BCUT2D eigenvalue weighted by Crippen LogP contribution is -2.17. The Labute approximate surface area is 105 Å². The van der Waals surface area contributed by atoms with Gasteiger partial charge >= 0.3 is 0 Å². The molecule has 2 rings (SSSR count). The fourth-order valence-electron chi connectivity index (χ4n) is 1.64. The highest BCUT2D eigenvalue weighted by Crippen LogP contribution is 2.12. The Morgan fingerprint density at radius 2 is 2.11 bits per heavy atom. The molecule has 18 heavy (non-hydrogen) atoms. The lowest BCUT2D eigenvalue weighted by atomic mass is 10.1. The molecule has 0 aromatic carbocycles. The fraction of sp³-hybridized carbons (Fsp3) is 0.214. The van der Waals surface area contributed by atoms with Crippen molar-refractivity contribution in [1.29, 1.82) is 5.26 Å². The Morgan fingerprint density at radius 1 is 1.33 bits per heavy atom. The molecule has 0 aliphatic rings. The molecule has 4 heteroatoms. The molecule has 0 saturated carbocycles. The summed E-state index contributed by atoms with van der Waals surface area (Å²) in [5.74, 6) is 0.358. The van der Waals surface area contributed by atoms with Crippen LogP contribution in [0.1, 0.15) is 31.0 Å². The Bertz CT molecular complexity index is 648. The second kappa shape index (κ2) is 4.84. The van der Waals surface area contributed by atoms with Crippen molar-refractivity contribution in [3.63, 3.8) is 0 Å². The minimum absolute atomic E-state index is 0.229. The molecule has 0 N–H and O–H groups in total. The van der Waals surface area contributed by atoms with Gasteiger partial charge in [0, 0.05) is 18.0 Å². The molecule has 2 heterocycles. The smallest absolute Gasteiger partial charge is 0.256 e. The maximum atomic E-state index is 11.8. The van der Waals surface area contributed by atoms with E-state index in [0.717, 1.165) is 5.69 Å². The molecule has 4 nitrogen and oxygen atoms in total. The molecule has 0 saturated heterocycles. The van der Waals surface area contributed by atoms with E-state index in [4.69, 9.17) is 5.26 Å². The number of nitrogens with zero attached hydrogens (tertiary/aromatic N) is 3. The molecule has 0 atom stereocenters. The fourth-order valence-corrected chi connectivity index (χ4v) is 1.64.